The Labute approximate surface area is 187 Å². The van der Waals surface area contributed by atoms with Crippen molar-refractivity contribution in [2.45, 2.75) is 0 Å². The maximum atomic E-state index is 12.9. The molecule has 0 unspecified atom stereocenters. The number of halogens is 1. The molecular formula is C23H20BrN3O4. The molecule has 4 aromatic rings. The Morgan fingerprint density at radius 3 is 2.23 bits per heavy atom. The summed E-state index contributed by atoms with van der Waals surface area (Å²) in [6.07, 6.45) is 3.74. The van der Waals surface area contributed by atoms with Crippen molar-refractivity contribution in [3.05, 3.63) is 71.0 Å². The van der Waals surface area contributed by atoms with Crippen molar-refractivity contribution in [3.8, 4) is 28.5 Å². The molecule has 158 valence electrons. The smallest absolute Gasteiger partial charge is 0.255 e. The number of carbonyl (C=O) groups is 1. The fourth-order valence-corrected chi connectivity index (χ4v) is 3.51. The van der Waals surface area contributed by atoms with Gasteiger partial charge in [0.2, 0.25) is 5.75 Å². The molecule has 0 aliphatic heterocycles. The summed E-state index contributed by atoms with van der Waals surface area (Å²) in [4.78, 5) is 17.5. The van der Waals surface area contributed by atoms with Gasteiger partial charge in [0.05, 0.1) is 32.7 Å². The van der Waals surface area contributed by atoms with Gasteiger partial charge >= 0.3 is 0 Å². The molecule has 1 N–H and O–H groups in total. The van der Waals surface area contributed by atoms with Gasteiger partial charge in [-0.15, -0.1) is 0 Å². The van der Waals surface area contributed by atoms with Crippen molar-refractivity contribution in [3.63, 3.8) is 0 Å². The summed E-state index contributed by atoms with van der Waals surface area (Å²) < 4.78 is 18.9. The molecule has 1 amide bonds. The minimum atomic E-state index is -0.299. The third kappa shape index (κ3) is 4.20. The highest BCUT2D eigenvalue weighted by atomic mass is 79.9. The van der Waals surface area contributed by atoms with Gasteiger partial charge in [-0.2, -0.15) is 0 Å². The number of methoxy groups -OCH3 is 3. The van der Waals surface area contributed by atoms with E-state index in [9.17, 15) is 4.79 Å². The van der Waals surface area contributed by atoms with Crippen molar-refractivity contribution in [1.29, 1.82) is 0 Å². The van der Waals surface area contributed by atoms with E-state index >= 15 is 0 Å². The van der Waals surface area contributed by atoms with E-state index in [4.69, 9.17) is 14.2 Å². The third-order valence-corrected chi connectivity index (χ3v) is 5.30. The van der Waals surface area contributed by atoms with E-state index in [0.717, 1.165) is 21.4 Å². The summed E-state index contributed by atoms with van der Waals surface area (Å²) in [5.74, 6) is 0.959. The average molecular weight is 482 g/mol. The summed E-state index contributed by atoms with van der Waals surface area (Å²) in [6.45, 7) is 0. The number of fused-ring (bicyclic) bond motifs is 1. The minimum Gasteiger partial charge on any atom is -0.493 e. The van der Waals surface area contributed by atoms with Crippen molar-refractivity contribution in [2.75, 3.05) is 26.6 Å². The normalized spacial score (nSPS) is 10.7. The molecule has 2 aromatic heterocycles. The number of carbonyl (C=O) groups excluding carboxylic acids is 1. The van der Waals surface area contributed by atoms with Crippen LogP contribution in [0.2, 0.25) is 0 Å². The van der Waals surface area contributed by atoms with Crippen molar-refractivity contribution in [2.24, 2.45) is 0 Å². The maximum Gasteiger partial charge on any atom is 0.255 e. The van der Waals surface area contributed by atoms with Crippen LogP contribution in [-0.4, -0.2) is 36.6 Å². The third-order valence-electron chi connectivity index (χ3n) is 4.78. The largest absolute Gasteiger partial charge is 0.493 e. The number of nitrogens with zero attached hydrogens (tertiary/aromatic N) is 2. The summed E-state index contributed by atoms with van der Waals surface area (Å²) in [7, 11) is 4.53. The number of hydrogen-bond acceptors (Lipinski definition) is 5. The molecule has 7 nitrogen and oxygen atoms in total. The standard InChI is InChI=1S/C23H20BrN3O4/c1-29-19-10-15(11-20(30-2)22(19)31-3)23(28)25-17-8-9-21-26-18(13-27(21)12-17)14-4-6-16(24)7-5-14/h4-13H,1-3H3,(H,25,28). The average Bonchev–Trinajstić information content (AvgIpc) is 3.21. The molecule has 0 saturated carbocycles. The SMILES string of the molecule is COc1cc(C(=O)Nc2ccc3nc(-c4ccc(Br)cc4)cn3c2)cc(OC)c1OC. The van der Waals surface area contributed by atoms with E-state index in [0.29, 0.717) is 28.5 Å². The monoisotopic (exact) mass is 481 g/mol. The number of amides is 1. The molecule has 0 aliphatic rings. The lowest BCUT2D eigenvalue weighted by atomic mass is 10.1. The van der Waals surface area contributed by atoms with Crippen molar-refractivity contribution < 1.29 is 19.0 Å². The van der Waals surface area contributed by atoms with Gasteiger partial charge in [-0.25, -0.2) is 4.98 Å². The van der Waals surface area contributed by atoms with E-state index < -0.39 is 0 Å². The molecule has 0 radical (unpaired) electrons. The highest BCUT2D eigenvalue weighted by Crippen LogP contribution is 2.38. The van der Waals surface area contributed by atoms with Gasteiger partial charge in [0.15, 0.2) is 11.5 Å². The molecule has 31 heavy (non-hydrogen) atoms. The lowest BCUT2D eigenvalue weighted by molar-refractivity contribution is 0.102. The number of rotatable bonds is 6. The van der Waals surface area contributed by atoms with Crippen LogP contribution in [0.5, 0.6) is 17.2 Å². The van der Waals surface area contributed by atoms with Crippen LogP contribution < -0.4 is 19.5 Å². The first-order valence-electron chi connectivity index (χ1n) is 9.38. The van der Waals surface area contributed by atoms with E-state index in [-0.39, 0.29) is 5.91 Å². The van der Waals surface area contributed by atoms with Crippen LogP contribution in [0.4, 0.5) is 5.69 Å². The Kier molecular flexibility index (Phi) is 5.81. The molecule has 0 atom stereocenters. The highest BCUT2D eigenvalue weighted by molar-refractivity contribution is 9.10. The summed E-state index contributed by atoms with van der Waals surface area (Å²) in [6, 6.07) is 14.8. The quantitative estimate of drug-likeness (QED) is 0.417. The fourth-order valence-electron chi connectivity index (χ4n) is 3.24. The van der Waals surface area contributed by atoms with Gasteiger partial charge in [-0.3, -0.25) is 4.79 Å². The molecule has 0 fully saturated rings. The topological polar surface area (TPSA) is 74.1 Å². The first kappa shape index (κ1) is 20.7. The van der Waals surface area contributed by atoms with E-state index in [1.54, 1.807) is 12.1 Å². The predicted molar refractivity (Wildman–Crippen MR) is 122 cm³/mol. The van der Waals surface area contributed by atoms with Gasteiger partial charge in [0.25, 0.3) is 5.91 Å². The number of pyridine rings is 1. The van der Waals surface area contributed by atoms with E-state index in [2.05, 4.69) is 26.2 Å². The molecule has 0 bridgehead atoms. The Morgan fingerprint density at radius 1 is 0.935 bits per heavy atom. The van der Waals surface area contributed by atoms with E-state index in [1.165, 1.54) is 21.3 Å². The molecule has 0 saturated heterocycles. The van der Waals surface area contributed by atoms with Crippen LogP contribution in [0, 0.1) is 0 Å². The second-order valence-corrected chi connectivity index (χ2v) is 7.60. The molecule has 0 aliphatic carbocycles. The first-order valence-corrected chi connectivity index (χ1v) is 10.2. The molecule has 4 rings (SSSR count). The lowest BCUT2D eigenvalue weighted by Crippen LogP contribution is -2.13. The summed E-state index contributed by atoms with van der Waals surface area (Å²) >= 11 is 3.44. The first-order chi connectivity index (χ1) is 15.0. The minimum absolute atomic E-state index is 0.299. The molecular weight excluding hydrogens is 462 g/mol. The van der Waals surface area contributed by atoms with Crippen molar-refractivity contribution in [1.82, 2.24) is 9.38 Å². The van der Waals surface area contributed by atoms with Gasteiger partial charge in [-0.1, -0.05) is 28.1 Å². The maximum absolute atomic E-state index is 12.9. The van der Waals surface area contributed by atoms with Crippen LogP contribution in [0.25, 0.3) is 16.9 Å². The number of aromatic nitrogens is 2. The fraction of sp³-hybridized carbons (Fsp3) is 0.130. The number of nitrogens with one attached hydrogen (secondary N) is 1. The van der Waals surface area contributed by atoms with Crippen LogP contribution in [0.3, 0.4) is 0 Å². The summed E-state index contributed by atoms with van der Waals surface area (Å²) in [5, 5.41) is 2.90. The molecule has 2 heterocycles. The van der Waals surface area contributed by atoms with Gasteiger partial charge in [0, 0.05) is 28.0 Å². The number of ether oxygens (including phenoxy) is 3. The second kappa shape index (κ2) is 8.69. The van der Waals surface area contributed by atoms with Crippen molar-refractivity contribution >= 4 is 33.2 Å². The van der Waals surface area contributed by atoms with Gasteiger partial charge < -0.3 is 23.9 Å². The zero-order valence-electron chi connectivity index (χ0n) is 17.2. The zero-order valence-corrected chi connectivity index (χ0v) is 18.8. The Morgan fingerprint density at radius 2 is 1.61 bits per heavy atom. The van der Waals surface area contributed by atoms with Crippen LogP contribution in [0.1, 0.15) is 10.4 Å². The predicted octanol–water partition coefficient (Wildman–Crippen LogP) is 5.04. The second-order valence-electron chi connectivity index (χ2n) is 6.68. The van der Waals surface area contributed by atoms with Crippen LogP contribution >= 0.6 is 15.9 Å². The van der Waals surface area contributed by atoms with E-state index in [1.807, 2.05) is 53.2 Å². The van der Waals surface area contributed by atoms with Gasteiger partial charge in [-0.05, 0) is 36.4 Å². The Balaban J connectivity index is 1.61. The Bertz CT molecular complexity index is 1230. The number of benzene rings is 2. The highest BCUT2D eigenvalue weighted by Gasteiger charge is 2.17. The van der Waals surface area contributed by atoms with Crippen LogP contribution in [-0.2, 0) is 0 Å². The molecule has 8 heteroatoms. The number of hydrogen-bond donors (Lipinski definition) is 1. The zero-order chi connectivity index (χ0) is 22.0. The van der Waals surface area contributed by atoms with Crippen LogP contribution in [0.15, 0.2) is 65.4 Å². The Hall–Kier alpha value is -3.52. The lowest BCUT2D eigenvalue weighted by Gasteiger charge is -2.14. The molecule has 2 aromatic carbocycles. The number of anilines is 1. The van der Waals surface area contributed by atoms with Gasteiger partial charge in [0.1, 0.15) is 5.65 Å². The molecule has 0 spiro atoms. The summed E-state index contributed by atoms with van der Waals surface area (Å²) in [5.41, 5.74) is 3.65. The number of imidazole rings is 1.